The number of amides is 3. The van der Waals surface area contributed by atoms with Gasteiger partial charge in [-0.25, -0.2) is 22.7 Å². The molecule has 54 heavy (non-hydrogen) atoms. The number of carbonyl (C=O) groups is 5. The molecule has 290 valence electrons. The topological polar surface area (TPSA) is 187 Å². The van der Waals surface area contributed by atoms with Crippen molar-refractivity contribution in [2.75, 3.05) is 19.9 Å². The molecule has 1 aromatic heterocycles. The van der Waals surface area contributed by atoms with Crippen molar-refractivity contribution >= 4 is 39.9 Å². The van der Waals surface area contributed by atoms with Crippen LogP contribution < -0.4 is 10.0 Å². The van der Waals surface area contributed by atoms with E-state index in [2.05, 4.69) is 10.3 Å². The van der Waals surface area contributed by atoms with Crippen LogP contribution in [0.1, 0.15) is 82.6 Å². The normalized spacial score (nSPS) is 16.2. The third-order valence-corrected chi connectivity index (χ3v) is 10.3. The fraction of sp³-hybridized carbons (Fsp3) is 0.436. The zero-order valence-electron chi connectivity index (χ0n) is 31.3. The zero-order valence-corrected chi connectivity index (χ0v) is 32.1. The molecule has 0 radical (unpaired) electrons. The summed E-state index contributed by atoms with van der Waals surface area (Å²) in [5.41, 5.74) is -0.839. The molecule has 2 aromatic carbocycles. The number of nitrogens with one attached hydrogen (secondary N) is 2. The van der Waals surface area contributed by atoms with Gasteiger partial charge in [-0.15, -0.1) is 0 Å². The molecule has 1 aliphatic rings. The maximum Gasteiger partial charge on any atom is 0.421 e. The van der Waals surface area contributed by atoms with Gasteiger partial charge in [0.2, 0.25) is 18.4 Å². The van der Waals surface area contributed by atoms with Crippen LogP contribution in [-0.4, -0.2) is 73.8 Å². The monoisotopic (exact) mass is 764 g/mol. The van der Waals surface area contributed by atoms with Crippen molar-refractivity contribution in [3.8, 4) is 11.1 Å². The smallest absolute Gasteiger partial charge is 0.421 e. The van der Waals surface area contributed by atoms with Crippen LogP contribution in [0, 0.1) is 11.3 Å². The summed E-state index contributed by atoms with van der Waals surface area (Å²) in [6.45, 7) is 8.24. The van der Waals surface area contributed by atoms with E-state index in [1.165, 1.54) is 23.4 Å². The van der Waals surface area contributed by atoms with Crippen LogP contribution in [0.5, 0.6) is 0 Å². The first-order chi connectivity index (χ1) is 25.6. The molecule has 3 amide bonds. The van der Waals surface area contributed by atoms with Gasteiger partial charge in [-0.1, -0.05) is 62.7 Å². The summed E-state index contributed by atoms with van der Waals surface area (Å²) in [6.07, 6.45) is 4.28. The molecule has 2 heterocycles. The number of rotatable bonds is 15. The number of hydrogen-bond acceptors (Lipinski definition) is 11. The number of nitrogens with zero attached hydrogens (tertiary/aromatic N) is 2. The molecule has 0 bridgehead atoms. The Hall–Kier alpha value is -5.31. The van der Waals surface area contributed by atoms with Crippen molar-refractivity contribution < 1.29 is 46.6 Å². The Bertz CT molecular complexity index is 1910. The average molecular weight is 765 g/mol. The Morgan fingerprint density at radius 3 is 2.31 bits per heavy atom. The van der Waals surface area contributed by atoms with E-state index in [0.29, 0.717) is 30.4 Å². The summed E-state index contributed by atoms with van der Waals surface area (Å²) >= 11 is 0. The molecular formula is C39H48N4O10S. The lowest BCUT2D eigenvalue weighted by Crippen LogP contribution is -2.65. The van der Waals surface area contributed by atoms with Gasteiger partial charge >= 0.3 is 18.0 Å². The van der Waals surface area contributed by atoms with Gasteiger partial charge in [0.15, 0.2) is 0 Å². The molecule has 0 aliphatic carbocycles. The minimum Gasteiger partial charge on any atom is -0.449 e. The summed E-state index contributed by atoms with van der Waals surface area (Å²) in [7, 11) is -4.26. The maximum absolute atomic E-state index is 14.0. The maximum atomic E-state index is 14.0. The van der Waals surface area contributed by atoms with E-state index in [-0.39, 0.29) is 36.5 Å². The molecule has 1 fully saturated rings. The highest BCUT2D eigenvalue weighted by Crippen LogP contribution is 2.32. The van der Waals surface area contributed by atoms with Crippen LogP contribution in [0.25, 0.3) is 11.1 Å². The number of benzene rings is 2. The molecule has 1 saturated heterocycles. The Labute approximate surface area is 316 Å². The van der Waals surface area contributed by atoms with E-state index in [4.69, 9.17) is 14.2 Å². The molecule has 15 heteroatoms. The first-order valence-electron chi connectivity index (χ1n) is 17.9. The first-order valence-corrected chi connectivity index (χ1v) is 19.4. The van der Waals surface area contributed by atoms with Gasteiger partial charge in [-0.05, 0) is 75.8 Å². The Balaban J connectivity index is 1.54. The number of carbonyl (C=O) groups excluding carboxylic acids is 5. The molecule has 1 aliphatic heterocycles. The average Bonchev–Trinajstić information content (AvgIpc) is 3.58. The second kappa shape index (κ2) is 18.1. The fourth-order valence-electron chi connectivity index (χ4n) is 5.88. The van der Waals surface area contributed by atoms with Crippen molar-refractivity contribution in [1.82, 2.24) is 19.9 Å². The number of aromatic nitrogens is 1. The molecule has 14 nitrogen and oxygen atoms in total. The quantitative estimate of drug-likeness (QED) is 0.115. The molecule has 0 saturated carbocycles. The van der Waals surface area contributed by atoms with Gasteiger partial charge in [-0.3, -0.25) is 19.4 Å². The van der Waals surface area contributed by atoms with Gasteiger partial charge in [-0.2, -0.15) is 0 Å². The number of esters is 2. The summed E-state index contributed by atoms with van der Waals surface area (Å²) in [5.74, 6) is -3.21. The van der Waals surface area contributed by atoms with Crippen LogP contribution in [0.3, 0.4) is 0 Å². The zero-order chi connectivity index (χ0) is 39.5. The number of pyridine rings is 1. The minimum absolute atomic E-state index is 0.0650. The van der Waals surface area contributed by atoms with E-state index in [1.54, 1.807) is 75.4 Å². The highest BCUT2D eigenvalue weighted by Gasteiger charge is 2.53. The first kappa shape index (κ1) is 41.4. The molecule has 0 spiro atoms. The van der Waals surface area contributed by atoms with E-state index in [0.717, 1.165) is 12.0 Å². The van der Waals surface area contributed by atoms with Crippen molar-refractivity contribution in [2.45, 2.75) is 83.7 Å². The van der Waals surface area contributed by atoms with Gasteiger partial charge in [0, 0.05) is 36.8 Å². The lowest BCUT2D eigenvalue weighted by molar-refractivity contribution is -0.181. The van der Waals surface area contributed by atoms with Gasteiger partial charge in [0.25, 0.3) is 15.9 Å². The Kier molecular flexibility index (Phi) is 13.9. The summed E-state index contributed by atoms with van der Waals surface area (Å²) in [5, 5.41) is 2.84. The second-order valence-corrected chi connectivity index (χ2v) is 15.6. The number of sulfonamides is 1. The molecule has 3 aromatic rings. The summed E-state index contributed by atoms with van der Waals surface area (Å²) < 4.78 is 43.8. The second-order valence-electron chi connectivity index (χ2n) is 14.0. The van der Waals surface area contributed by atoms with E-state index in [1.807, 2.05) is 18.6 Å². The number of likely N-dealkylation sites (tertiary alicyclic amines) is 1. The third kappa shape index (κ3) is 10.2. The summed E-state index contributed by atoms with van der Waals surface area (Å²) in [4.78, 5) is 71.2. The lowest BCUT2D eigenvalue weighted by Gasteiger charge is -2.37. The van der Waals surface area contributed by atoms with Crippen molar-refractivity contribution in [3.63, 3.8) is 0 Å². The standard InChI is InChI=1S/C39H48N4O10S/c1-6-8-23-51-37(48)42-54(49,50)32-15-10-9-14-31(32)29-18-16-27(17-19-29)24-28(7-2)33(44)41-39(36(47)53-26-52-35(46)38(3,4)5)20-12-22-43(39)34(45)30-13-11-21-40-25-30/h9-11,13-19,21,25,28H,6-8,12,20,22-24,26H2,1-5H3,(H,41,44)(H,42,48). The predicted molar refractivity (Wildman–Crippen MR) is 198 cm³/mol. The Morgan fingerprint density at radius 1 is 0.944 bits per heavy atom. The fourth-order valence-corrected chi connectivity index (χ4v) is 7.00. The van der Waals surface area contributed by atoms with Crippen molar-refractivity contribution in [3.05, 3.63) is 84.2 Å². The Morgan fingerprint density at radius 2 is 1.67 bits per heavy atom. The van der Waals surface area contributed by atoms with E-state index < -0.39 is 63.7 Å². The predicted octanol–water partition coefficient (Wildman–Crippen LogP) is 5.37. The van der Waals surface area contributed by atoms with Crippen LogP contribution in [-0.2, 0) is 45.0 Å². The van der Waals surface area contributed by atoms with Crippen molar-refractivity contribution in [2.24, 2.45) is 11.3 Å². The van der Waals surface area contributed by atoms with Crippen molar-refractivity contribution in [1.29, 1.82) is 0 Å². The van der Waals surface area contributed by atoms with E-state index in [9.17, 15) is 32.4 Å². The number of hydrogen-bond donors (Lipinski definition) is 2. The molecule has 2 atom stereocenters. The van der Waals surface area contributed by atoms with Crippen LogP contribution >= 0.6 is 0 Å². The molecule has 2 N–H and O–H groups in total. The minimum atomic E-state index is -4.26. The van der Waals surface area contributed by atoms with Crippen LogP contribution in [0.15, 0.2) is 78.0 Å². The highest BCUT2D eigenvalue weighted by atomic mass is 32.2. The largest absolute Gasteiger partial charge is 0.449 e. The van der Waals surface area contributed by atoms with E-state index >= 15 is 0 Å². The SMILES string of the molecule is CCCCOC(=O)NS(=O)(=O)c1ccccc1-c1ccc(CC(CC)C(=O)NC2(C(=O)OCOC(=O)C(C)(C)C)CCCN2C(=O)c2cccnc2)cc1. The molecular weight excluding hydrogens is 717 g/mol. The molecule has 4 rings (SSSR count). The van der Waals surface area contributed by atoms with Gasteiger partial charge < -0.3 is 24.4 Å². The summed E-state index contributed by atoms with van der Waals surface area (Å²) in [6, 6.07) is 16.4. The van der Waals surface area contributed by atoms with Gasteiger partial charge in [0.1, 0.15) is 0 Å². The third-order valence-electron chi connectivity index (χ3n) is 8.93. The lowest BCUT2D eigenvalue weighted by atomic mass is 9.93. The van der Waals surface area contributed by atoms with Crippen LogP contribution in [0.2, 0.25) is 0 Å². The number of unbranched alkanes of at least 4 members (excludes halogenated alkanes) is 1. The van der Waals surface area contributed by atoms with Gasteiger partial charge in [0.05, 0.1) is 22.5 Å². The highest BCUT2D eigenvalue weighted by molar-refractivity contribution is 7.90. The molecule has 2 unspecified atom stereocenters. The number of ether oxygens (including phenoxy) is 3. The van der Waals surface area contributed by atoms with Crippen LogP contribution in [0.4, 0.5) is 4.79 Å².